The zero-order valence-corrected chi connectivity index (χ0v) is 11.8. The van der Waals surface area contributed by atoms with Crippen LogP contribution < -0.4 is 11.3 Å². The molecule has 6 nitrogen and oxygen atoms in total. The van der Waals surface area contributed by atoms with Crippen molar-refractivity contribution >= 4 is 28.8 Å². The maximum absolute atomic E-state index is 11.5. The monoisotopic (exact) mass is 293 g/mol. The van der Waals surface area contributed by atoms with E-state index in [9.17, 15) is 14.4 Å². The number of rotatable bonds is 4. The molecule has 3 amide bonds. The number of carbonyl (C=O) groups is 3. The number of thioether (sulfide) groups is 1. The normalized spacial score (nSPS) is 16.4. The van der Waals surface area contributed by atoms with Gasteiger partial charge >= 0.3 is 0 Å². The van der Waals surface area contributed by atoms with Crippen molar-refractivity contribution in [3.63, 3.8) is 0 Å². The van der Waals surface area contributed by atoms with E-state index < -0.39 is 0 Å². The first kappa shape index (κ1) is 14.5. The average Bonchev–Trinajstić information content (AvgIpc) is 2.78. The van der Waals surface area contributed by atoms with Crippen molar-refractivity contribution < 1.29 is 14.4 Å². The van der Waals surface area contributed by atoms with E-state index >= 15 is 0 Å². The smallest absolute Gasteiger partial charge is 0.289 e. The maximum atomic E-state index is 11.5. The minimum atomic E-state index is -0.348. The first-order valence-corrected chi connectivity index (χ1v) is 7.08. The van der Waals surface area contributed by atoms with E-state index in [1.165, 1.54) is 4.90 Å². The Kier molecular flexibility index (Phi) is 4.41. The lowest BCUT2D eigenvalue weighted by Crippen LogP contribution is -2.33. The van der Waals surface area contributed by atoms with Crippen LogP contribution in [-0.2, 0) is 16.1 Å². The molecular weight excluding hydrogens is 278 g/mol. The lowest BCUT2D eigenvalue weighted by molar-refractivity contribution is -0.125. The summed E-state index contributed by atoms with van der Waals surface area (Å²) in [4.78, 5) is 35.7. The molecule has 20 heavy (non-hydrogen) atoms. The minimum absolute atomic E-state index is 0.167. The SMILES string of the molecule is CC(C(=O)NN)c1ccc(CN2C(=O)CSC2=O)cc1. The highest BCUT2D eigenvalue weighted by Crippen LogP contribution is 2.22. The van der Waals surface area contributed by atoms with Gasteiger partial charge in [0.25, 0.3) is 5.24 Å². The molecule has 1 aliphatic heterocycles. The lowest BCUT2D eigenvalue weighted by atomic mass is 9.99. The molecule has 0 aliphatic carbocycles. The van der Waals surface area contributed by atoms with Crippen LogP contribution in [0.4, 0.5) is 4.79 Å². The van der Waals surface area contributed by atoms with Crippen LogP contribution in [0, 0.1) is 0 Å². The van der Waals surface area contributed by atoms with Crippen LogP contribution in [0.25, 0.3) is 0 Å². The molecule has 2 rings (SSSR count). The number of imide groups is 1. The highest BCUT2D eigenvalue weighted by molar-refractivity contribution is 8.14. The van der Waals surface area contributed by atoms with Gasteiger partial charge in [-0.3, -0.25) is 24.7 Å². The van der Waals surface area contributed by atoms with E-state index in [2.05, 4.69) is 5.43 Å². The topological polar surface area (TPSA) is 92.5 Å². The summed E-state index contributed by atoms with van der Waals surface area (Å²) in [5.74, 6) is 4.53. The molecule has 1 aromatic carbocycles. The second-order valence-electron chi connectivity index (χ2n) is 4.51. The third kappa shape index (κ3) is 3.00. The van der Waals surface area contributed by atoms with E-state index in [4.69, 9.17) is 5.84 Å². The van der Waals surface area contributed by atoms with Gasteiger partial charge in [0.1, 0.15) is 0 Å². The van der Waals surface area contributed by atoms with E-state index in [0.29, 0.717) is 0 Å². The van der Waals surface area contributed by atoms with E-state index in [1.54, 1.807) is 31.2 Å². The van der Waals surface area contributed by atoms with Crippen LogP contribution in [-0.4, -0.2) is 27.7 Å². The molecule has 7 heteroatoms. The molecule has 1 fully saturated rings. The molecule has 1 aliphatic rings. The highest BCUT2D eigenvalue weighted by atomic mass is 32.2. The van der Waals surface area contributed by atoms with Gasteiger partial charge < -0.3 is 0 Å². The van der Waals surface area contributed by atoms with Gasteiger partial charge in [-0.2, -0.15) is 0 Å². The Bertz CT molecular complexity index is 528. The number of nitrogens with one attached hydrogen (secondary N) is 1. The molecule has 0 saturated carbocycles. The maximum Gasteiger partial charge on any atom is 0.289 e. The fourth-order valence-electron chi connectivity index (χ4n) is 1.90. The van der Waals surface area contributed by atoms with Gasteiger partial charge in [0.2, 0.25) is 11.8 Å². The quantitative estimate of drug-likeness (QED) is 0.490. The van der Waals surface area contributed by atoms with Gasteiger partial charge in [-0.1, -0.05) is 36.0 Å². The van der Waals surface area contributed by atoms with Crippen LogP contribution in [0.15, 0.2) is 24.3 Å². The van der Waals surface area contributed by atoms with E-state index in [-0.39, 0.29) is 35.3 Å². The zero-order valence-electron chi connectivity index (χ0n) is 11.0. The van der Waals surface area contributed by atoms with Crippen molar-refractivity contribution in [2.24, 2.45) is 5.84 Å². The van der Waals surface area contributed by atoms with Gasteiger partial charge in [0.05, 0.1) is 18.2 Å². The molecular formula is C13H15N3O3S. The van der Waals surface area contributed by atoms with Crippen molar-refractivity contribution in [1.82, 2.24) is 10.3 Å². The number of hydrogen-bond acceptors (Lipinski definition) is 5. The summed E-state index contributed by atoms with van der Waals surface area (Å²) in [6, 6.07) is 7.21. The summed E-state index contributed by atoms with van der Waals surface area (Å²) < 4.78 is 0. The molecule has 1 unspecified atom stereocenters. The fourth-order valence-corrected chi connectivity index (χ4v) is 2.63. The molecule has 3 N–H and O–H groups in total. The zero-order chi connectivity index (χ0) is 14.7. The van der Waals surface area contributed by atoms with Crippen molar-refractivity contribution in [1.29, 1.82) is 0 Å². The standard InChI is InChI=1S/C13H15N3O3S/c1-8(12(18)15-14)10-4-2-9(3-5-10)6-16-11(17)7-20-13(16)19/h2-5,8H,6-7,14H2,1H3,(H,15,18). The number of hydrazine groups is 1. The van der Waals surface area contributed by atoms with E-state index in [0.717, 1.165) is 22.9 Å². The van der Waals surface area contributed by atoms with Crippen molar-refractivity contribution in [2.75, 3.05) is 5.75 Å². The number of nitrogens with two attached hydrogens (primary N) is 1. The number of amides is 3. The summed E-state index contributed by atoms with van der Waals surface area (Å²) in [6.07, 6.45) is 0. The summed E-state index contributed by atoms with van der Waals surface area (Å²) in [5.41, 5.74) is 3.78. The number of nitrogens with zero attached hydrogens (tertiary/aromatic N) is 1. The first-order valence-electron chi connectivity index (χ1n) is 6.09. The van der Waals surface area contributed by atoms with Gasteiger partial charge in [0, 0.05) is 0 Å². The fraction of sp³-hybridized carbons (Fsp3) is 0.308. The third-order valence-corrected chi connectivity index (χ3v) is 4.06. The van der Waals surface area contributed by atoms with E-state index in [1.807, 2.05) is 0 Å². The Balaban J connectivity index is 2.07. The Morgan fingerprint density at radius 3 is 2.55 bits per heavy atom. The largest absolute Gasteiger partial charge is 0.294 e. The minimum Gasteiger partial charge on any atom is -0.294 e. The molecule has 0 radical (unpaired) electrons. The van der Waals surface area contributed by atoms with Crippen LogP contribution >= 0.6 is 11.8 Å². The molecule has 1 saturated heterocycles. The van der Waals surface area contributed by atoms with Gasteiger partial charge in [-0.25, -0.2) is 5.84 Å². The molecule has 0 aromatic heterocycles. The molecule has 1 heterocycles. The van der Waals surface area contributed by atoms with Crippen LogP contribution in [0.2, 0.25) is 0 Å². The Morgan fingerprint density at radius 1 is 1.40 bits per heavy atom. The van der Waals surface area contributed by atoms with Crippen LogP contribution in [0.5, 0.6) is 0 Å². The van der Waals surface area contributed by atoms with Crippen molar-refractivity contribution in [3.05, 3.63) is 35.4 Å². The number of benzene rings is 1. The van der Waals surface area contributed by atoms with Gasteiger partial charge in [-0.15, -0.1) is 0 Å². The molecule has 0 bridgehead atoms. The summed E-state index contributed by atoms with van der Waals surface area (Å²) >= 11 is 1.02. The second kappa shape index (κ2) is 6.06. The Hall–Kier alpha value is -1.86. The number of carbonyl (C=O) groups excluding carboxylic acids is 3. The third-order valence-electron chi connectivity index (χ3n) is 3.20. The molecule has 1 atom stereocenters. The van der Waals surface area contributed by atoms with Gasteiger partial charge in [-0.05, 0) is 18.1 Å². The Morgan fingerprint density at radius 2 is 2.05 bits per heavy atom. The summed E-state index contributed by atoms with van der Waals surface area (Å²) in [7, 11) is 0. The predicted molar refractivity (Wildman–Crippen MR) is 75.6 cm³/mol. The molecule has 1 aromatic rings. The average molecular weight is 293 g/mol. The lowest BCUT2D eigenvalue weighted by Gasteiger charge is -2.14. The molecule has 106 valence electrons. The summed E-state index contributed by atoms with van der Waals surface area (Å²) in [6.45, 7) is 2.02. The molecule has 0 spiro atoms. The predicted octanol–water partition coefficient (Wildman–Crippen LogP) is 0.975. The summed E-state index contributed by atoms with van der Waals surface area (Å²) in [5, 5.41) is -0.213. The van der Waals surface area contributed by atoms with Crippen LogP contribution in [0.3, 0.4) is 0 Å². The number of hydrogen-bond donors (Lipinski definition) is 2. The first-order chi connectivity index (χ1) is 9.52. The van der Waals surface area contributed by atoms with Gasteiger partial charge in [0.15, 0.2) is 0 Å². The second-order valence-corrected chi connectivity index (χ2v) is 5.43. The highest BCUT2D eigenvalue weighted by Gasteiger charge is 2.29. The Labute approximate surface area is 120 Å². The van der Waals surface area contributed by atoms with Crippen molar-refractivity contribution in [2.45, 2.75) is 19.4 Å². The van der Waals surface area contributed by atoms with Crippen LogP contribution in [0.1, 0.15) is 24.0 Å². The van der Waals surface area contributed by atoms with Crippen molar-refractivity contribution in [3.8, 4) is 0 Å².